The molecule has 0 saturated carbocycles. The summed E-state index contributed by atoms with van der Waals surface area (Å²) in [5.41, 5.74) is 3.79. The Kier molecular flexibility index (Phi) is 7.28. The van der Waals surface area contributed by atoms with Crippen LogP contribution in [0.2, 0.25) is 0 Å². The van der Waals surface area contributed by atoms with Gasteiger partial charge in [-0.3, -0.25) is 4.79 Å². The van der Waals surface area contributed by atoms with Crippen molar-refractivity contribution in [2.75, 3.05) is 20.7 Å². The molecular formula is C25H28ClFN2O2S. The van der Waals surface area contributed by atoms with Gasteiger partial charge in [-0.05, 0) is 60.2 Å². The zero-order valence-corrected chi connectivity index (χ0v) is 20.5. The summed E-state index contributed by atoms with van der Waals surface area (Å²) in [4.78, 5) is 15.6. The molecule has 2 heterocycles. The Morgan fingerprint density at radius 3 is 2.59 bits per heavy atom. The van der Waals surface area contributed by atoms with Crippen molar-refractivity contribution >= 4 is 44.7 Å². The molecule has 0 aliphatic carbocycles. The van der Waals surface area contributed by atoms with Crippen LogP contribution >= 0.6 is 23.7 Å². The summed E-state index contributed by atoms with van der Waals surface area (Å²) >= 11 is 1.40. The number of halogens is 2. The van der Waals surface area contributed by atoms with Crippen molar-refractivity contribution in [2.24, 2.45) is 5.92 Å². The van der Waals surface area contributed by atoms with E-state index in [1.807, 2.05) is 43.6 Å². The predicted octanol–water partition coefficient (Wildman–Crippen LogP) is 6.25. The Hall–Kier alpha value is -2.41. The van der Waals surface area contributed by atoms with Gasteiger partial charge in [0.15, 0.2) is 0 Å². The fraction of sp³-hybridized carbons (Fsp3) is 0.320. The SMILES string of the molecule is CNCC(c1ccc(-c2c(OC)cc(C)c3[nH]c(=O)c4sccc4c23)cc1F)C(C)C.Cl. The molecule has 7 heteroatoms. The minimum atomic E-state index is -0.229. The number of hydrogen-bond donors (Lipinski definition) is 2. The molecule has 2 aromatic heterocycles. The minimum Gasteiger partial charge on any atom is -0.496 e. The molecule has 0 fully saturated rings. The molecule has 0 radical (unpaired) electrons. The maximum Gasteiger partial charge on any atom is 0.266 e. The number of aromatic nitrogens is 1. The van der Waals surface area contributed by atoms with Gasteiger partial charge in [0.25, 0.3) is 5.56 Å². The van der Waals surface area contributed by atoms with E-state index in [0.717, 1.165) is 33.0 Å². The van der Waals surface area contributed by atoms with Crippen LogP contribution < -0.4 is 15.6 Å². The third kappa shape index (κ3) is 4.03. The highest BCUT2D eigenvalue weighted by Crippen LogP contribution is 2.42. The average Bonchev–Trinajstić information content (AvgIpc) is 3.23. The van der Waals surface area contributed by atoms with Crippen LogP contribution in [0.5, 0.6) is 5.75 Å². The minimum absolute atomic E-state index is 0. The Balaban J connectivity index is 0.00000289. The lowest BCUT2D eigenvalue weighted by atomic mass is 9.86. The van der Waals surface area contributed by atoms with Gasteiger partial charge in [-0.15, -0.1) is 23.7 Å². The van der Waals surface area contributed by atoms with Crippen LogP contribution in [0.3, 0.4) is 0 Å². The summed E-state index contributed by atoms with van der Waals surface area (Å²) in [6.45, 7) is 6.87. The number of likely N-dealkylation sites (N-methyl/N-ethyl adjacent to an activating group) is 1. The van der Waals surface area contributed by atoms with Crippen molar-refractivity contribution in [3.8, 4) is 16.9 Å². The number of H-pyrrole nitrogens is 1. The van der Waals surface area contributed by atoms with Crippen molar-refractivity contribution in [1.82, 2.24) is 10.3 Å². The van der Waals surface area contributed by atoms with Crippen molar-refractivity contribution in [1.29, 1.82) is 0 Å². The second-order valence-electron chi connectivity index (χ2n) is 8.28. The molecule has 4 aromatic rings. The smallest absolute Gasteiger partial charge is 0.266 e. The number of fused-ring (bicyclic) bond motifs is 3. The number of pyridine rings is 1. The van der Waals surface area contributed by atoms with E-state index in [9.17, 15) is 4.79 Å². The van der Waals surface area contributed by atoms with E-state index in [0.29, 0.717) is 28.5 Å². The first kappa shape index (κ1) is 24.2. The van der Waals surface area contributed by atoms with Crippen LogP contribution in [0, 0.1) is 18.7 Å². The molecule has 2 N–H and O–H groups in total. The number of nitrogens with one attached hydrogen (secondary N) is 2. The largest absolute Gasteiger partial charge is 0.496 e. The van der Waals surface area contributed by atoms with E-state index >= 15 is 4.39 Å². The lowest BCUT2D eigenvalue weighted by Crippen LogP contribution is -2.22. The molecule has 0 amide bonds. The zero-order valence-electron chi connectivity index (χ0n) is 18.8. The first-order valence-corrected chi connectivity index (χ1v) is 11.3. The Morgan fingerprint density at radius 1 is 1.22 bits per heavy atom. The third-order valence-electron chi connectivity index (χ3n) is 6.00. The topological polar surface area (TPSA) is 54.1 Å². The van der Waals surface area contributed by atoms with E-state index in [2.05, 4.69) is 24.1 Å². The van der Waals surface area contributed by atoms with E-state index in [1.54, 1.807) is 13.2 Å². The molecule has 0 aliphatic heterocycles. The maximum absolute atomic E-state index is 15.4. The predicted molar refractivity (Wildman–Crippen MR) is 135 cm³/mol. The van der Waals surface area contributed by atoms with Gasteiger partial charge < -0.3 is 15.0 Å². The van der Waals surface area contributed by atoms with E-state index < -0.39 is 0 Å². The summed E-state index contributed by atoms with van der Waals surface area (Å²) in [5, 5.41) is 6.83. The van der Waals surface area contributed by atoms with Gasteiger partial charge in [-0.25, -0.2) is 4.39 Å². The van der Waals surface area contributed by atoms with Gasteiger partial charge in [-0.2, -0.15) is 0 Å². The average molecular weight is 475 g/mol. The summed E-state index contributed by atoms with van der Waals surface area (Å²) < 4.78 is 21.8. The molecule has 170 valence electrons. The van der Waals surface area contributed by atoms with Crippen molar-refractivity contribution in [2.45, 2.75) is 26.7 Å². The van der Waals surface area contributed by atoms with E-state index in [4.69, 9.17) is 4.74 Å². The third-order valence-corrected chi connectivity index (χ3v) is 6.92. The Labute approximate surface area is 197 Å². The number of ether oxygens (including phenoxy) is 1. The molecule has 1 unspecified atom stereocenters. The zero-order chi connectivity index (χ0) is 22.3. The number of hydrogen-bond acceptors (Lipinski definition) is 4. The van der Waals surface area contributed by atoms with Gasteiger partial charge in [0.05, 0.1) is 12.6 Å². The van der Waals surface area contributed by atoms with Gasteiger partial charge in [0, 0.05) is 28.8 Å². The fourth-order valence-electron chi connectivity index (χ4n) is 4.42. The van der Waals surface area contributed by atoms with Crippen molar-refractivity contribution in [3.05, 3.63) is 63.0 Å². The van der Waals surface area contributed by atoms with Gasteiger partial charge in [0.2, 0.25) is 0 Å². The molecule has 0 bridgehead atoms. The molecule has 0 spiro atoms. The van der Waals surface area contributed by atoms with Crippen LogP contribution in [0.15, 0.2) is 40.5 Å². The van der Waals surface area contributed by atoms with E-state index in [1.165, 1.54) is 11.3 Å². The lowest BCUT2D eigenvalue weighted by Gasteiger charge is -2.22. The number of aryl methyl sites for hydroxylation is 1. The summed E-state index contributed by atoms with van der Waals surface area (Å²) in [5.74, 6) is 0.814. The van der Waals surface area contributed by atoms with Gasteiger partial charge in [-0.1, -0.05) is 26.0 Å². The highest BCUT2D eigenvalue weighted by Gasteiger charge is 2.22. The maximum atomic E-state index is 15.4. The number of methoxy groups -OCH3 is 1. The van der Waals surface area contributed by atoms with Crippen LogP contribution in [0.25, 0.3) is 32.1 Å². The van der Waals surface area contributed by atoms with Crippen molar-refractivity contribution < 1.29 is 9.13 Å². The van der Waals surface area contributed by atoms with Gasteiger partial charge >= 0.3 is 0 Å². The molecule has 32 heavy (non-hydrogen) atoms. The number of rotatable bonds is 6. The number of benzene rings is 2. The molecule has 0 aliphatic rings. The number of aromatic amines is 1. The fourth-order valence-corrected chi connectivity index (χ4v) is 5.22. The molecule has 1 atom stereocenters. The summed E-state index contributed by atoms with van der Waals surface area (Å²) in [6, 6.07) is 9.28. The highest BCUT2D eigenvalue weighted by molar-refractivity contribution is 7.17. The molecular weight excluding hydrogens is 447 g/mol. The van der Waals surface area contributed by atoms with Crippen LogP contribution in [-0.4, -0.2) is 25.7 Å². The quantitative estimate of drug-likeness (QED) is 0.347. The van der Waals surface area contributed by atoms with Crippen LogP contribution in [-0.2, 0) is 0 Å². The van der Waals surface area contributed by atoms with Crippen LogP contribution in [0.1, 0.15) is 30.9 Å². The molecule has 0 saturated heterocycles. The highest BCUT2D eigenvalue weighted by atomic mass is 35.5. The lowest BCUT2D eigenvalue weighted by molar-refractivity contribution is 0.416. The first-order chi connectivity index (χ1) is 14.9. The standard InChI is InChI=1S/C25H27FN2O2S.ClH/c1-13(2)18(12-27-4)16-7-6-15(11-19(16)26)21-20(30-5)10-14(3)23-22(21)17-8-9-31-24(17)25(29)28-23;/h6-11,13,18,27H,12H2,1-5H3,(H,28,29);1H. The molecule has 2 aromatic carbocycles. The molecule has 4 nitrogen and oxygen atoms in total. The first-order valence-electron chi connectivity index (χ1n) is 10.4. The van der Waals surface area contributed by atoms with Crippen molar-refractivity contribution in [3.63, 3.8) is 0 Å². The molecule has 4 rings (SSSR count). The second kappa shape index (κ2) is 9.61. The second-order valence-corrected chi connectivity index (χ2v) is 9.20. The number of thiophene rings is 1. The van der Waals surface area contributed by atoms with Crippen LogP contribution in [0.4, 0.5) is 4.39 Å². The normalized spacial score (nSPS) is 12.3. The summed E-state index contributed by atoms with van der Waals surface area (Å²) in [7, 11) is 3.50. The Bertz CT molecular complexity index is 1330. The van der Waals surface area contributed by atoms with Gasteiger partial charge in [0.1, 0.15) is 16.3 Å². The monoisotopic (exact) mass is 474 g/mol. The summed E-state index contributed by atoms with van der Waals surface area (Å²) in [6.07, 6.45) is 0. The Morgan fingerprint density at radius 2 is 1.97 bits per heavy atom. The van der Waals surface area contributed by atoms with E-state index in [-0.39, 0.29) is 29.7 Å².